The van der Waals surface area contributed by atoms with Crippen molar-refractivity contribution in [1.82, 2.24) is 15.2 Å². The van der Waals surface area contributed by atoms with Crippen LogP contribution in [0.15, 0.2) is 48.8 Å². The van der Waals surface area contributed by atoms with E-state index in [-0.39, 0.29) is 17.7 Å². The Morgan fingerprint density at radius 1 is 1.22 bits per heavy atom. The van der Waals surface area contributed by atoms with E-state index in [9.17, 15) is 9.59 Å². The van der Waals surface area contributed by atoms with Gasteiger partial charge in [0.1, 0.15) is 12.4 Å². The van der Waals surface area contributed by atoms with Crippen LogP contribution in [0.3, 0.4) is 0 Å². The number of carbonyl (C=O) groups is 2. The van der Waals surface area contributed by atoms with Crippen LogP contribution in [0.1, 0.15) is 30.9 Å². The number of hydrogen-bond donors (Lipinski definition) is 1. The average molecular weight is 367 g/mol. The number of rotatable bonds is 6. The molecule has 1 aromatic carbocycles. The number of carbonyl (C=O) groups excluding carboxylic acids is 2. The van der Waals surface area contributed by atoms with E-state index >= 15 is 0 Å². The van der Waals surface area contributed by atoms with E-state index in [1.54, 1.807) is 24.2 Å². The van der Waals surface area contributed by atoms with Gasteiger partial charge in [-0.3, -0.25) is 14.6 Å². The Kier molecular flexibility index (Phi) is 6.41. The molecule has 0 spiro atoms. The summed E-state index contributed by atoms with van der Waals surface area (Å²) in [5.74, 6) is 0.704. The van der Waals surface area contributed by atoms with Crippen LogP contribution < -0.4 is 10.1 Å². The molecule has 1 aromatic heterocycles. The molecule has 2 amide bonds. The number of nitrogens with one attached hydrogen (secondary N) is 1. The van der Waals surface area contributed by atoms with Gasteiger partial charge in [0.25, 0.3) is 0 Å². The van der Waals surface area contributed by atoms with Gasteiger partial charge in [-0.05, 0) is 36.6 Å². The van der Waals surface area contributed by atoms with E-state index in [1.165, 1.54) is 0 Å². The maximum absolute atomic E-state index is 12.4. The fourth-order valence-corrected chi connectivity index (χ4v) is 3.16. The highest BCUT2D eigenvalue weighted by molar-refractivity contribution is 5.80. The Bertz CT molecular complexity index is 762. The molecular weight excluding hydrogens is 342 g/mol. The highest BCUT2D eigenvalue weighted by Gasteiger charge is 2.26. The molecule has 2 aromatic rings. The first-order valence-corrected chi connectivity index (χ1v) is 9.25. The molecule has 1 aliphatic rings. The summed E-state index contributed by atoms with van der Waals surface area (Å²) in [7, 11) is 0. The van der Waals surface area contributed by atoms with E-state index in [0.29, 0.717) is 19.7 Å². The van der Waals surface area contributed by atoms with Crippen LogP contribution in [-0.4, -0.2) is 34.8 Å². The van der Waals surface area contributed by atoms with E-state index in [2.05, 4.69) is 10.3 Å². The summed E-state index contributed by atoms with van der Waals surface area (Å²) < 4.78 is 5.74. The highest BCUT2D eigenvalue weighted by atomic mass is 16.5. The normalized spacial score (nSPS) is 16.6. The van der Waals surface area contributed by atoms with Gasteiger partial charge in [0, 0.05) is 44.5 Å². The molecule has 27 heavy (non-hydrogen) atoms. The van der Waals surface area contributed by atoms with Gasteiger partial charge < -0.3 is 15.0 Å². The number of aromatic nitrogens is 1. The quantitative estimate of drug-likeness (QED) is 0.852. The van der Waals surface area contributed by atoms with E-state index in [1.807, 2.05) is 36.4 Å². The minimum absolute atomic E-state index is 0.0119. The lowest BCUT2D eigenvalue weighted by atomic mass is 9.97. The number of pyridine rings is 1. The van der Waals surface area contributed by atoms with E-state index in [0.717, 1.165) is 36.3 Å². The molecule has 0 bridgehead atoms. The Morgan fingerprint density at radius 2 is 2.04 bits per heavy atom. The van der Waals surface area contributed by atoms with Crippen LogP contribution in [0.25, 0.3) is 0 Å². The summed E-state index contributed by atoms with van der Waals surface area (Å²) in [4.78, 5) is 29.7. The van der Waals surface area contributed by atoms with Crippen molar-refractivity contribution in [3.8, 4) is 5.75 Å². The zero-order chi connectivity index (χ0) is 19.1. The first-order valence-electron chi connectivity index (χ1n) is 9.25. The molecule has 1 N–H and O–H groups in total. The number of nitrogens with zero attached hydrogens (tertiary/aromatic N) is 2. The fraction of sp³-hybridized carbons (Fsp3) is 0.381. The van der Waals surface area contributed by atoms with Crippen molar-refractivity contribution in [2.75, 3.05) is 13.1 Å². The number of piperidine rings is 1. The molecule has 142 valence electrons. The number of likely N-dealkylation sites (tertiary alicyclic amines) is 1. The van der Waals surface area contributed by atoms with E-state index in [4.69, 9.17) is 4.74 Å². The second-order valence-electron chi connectivity index (χ2n) is 6.82. The predicted molar refractivity (Wildman–Crippen MR) is 102 cm³/mol. The lowest BCUT2D eigenvalue weighted by Crippen LogP contribution is -2.44. The van der Waals surface area contributed by atoms with Crippen molar-refractivity contribution in [3.05, 3.63) is 59.9 Å². The summed E-state index contributed by atoms with van der Waals surface area (Å²) in [6, 6.07) is 11.5. The Labute approximate surface area is 159 Å². The third-order valence-electron chi connectivity index (χ3n) is 4.76. The van der Waals surface area contributed by atoms with Crippen molar-refractivity contribution >= 4 is 11.8 Å². The minimum Gasteiger partial charge on any atom is -0.489 e. The number of hydrogen-bond acceptors (Lipinski definition) is 4. The van der Waals surface area contributed by atoms with Gasteiger partial charge in [-0.1, -0.05) is 18.2 Å². The maximum Gasteiger partial charge on any atom is 0.225 e. The van der Waals surface area contributed by atoms with Crippen LogP contribution in [0.2, 0.25) is 0 Å². The smallest absolute Gasteiger partial charge is 0.225 e. The summed E-state index contributed by atoms with van der Waals surface area (Å²) in [6.45, 7) is 3.76. The van der Waals surface area contributed by atoms with Crippen molar-refractivity contribution < 1.29 is 14.3 Å². The van der Waals surface area contributed by atoms with Gasteiger partial charge in [0.2, 0.25) is 11.8 Å². The summed E-state index contributed by atoms with van der Waals surface area (Å²) in [5.41, 5.74) is 2.03. The SMILES string of the molecule is CC(=O)N1CCCC(C(=O)NCc2ccc(OCc3cccnc3)cc2)C1. The molecule has 0 aliphatic carbocycles. The first-order chi connectivity index (χ1) is 13.1. The summed E-state index contributed by atoms with van der Waals surface area (Å²) in [5, 5.41) is 2.98. The standard InChI is InChI=1S/C21H25N3O3/c1-16(25)24-11-3-5-19(14-24)21(26)23-13-17-6-8-20(9-7-17)27-15-18-4-2-10-22-12-18/h2,4,6-10,12,19H,3,5,11,13-15H2,1H3,(H,23,26). The number of ether oxygens (including phenoxy) is 1. The van der Waals surface area contributed by atoms with Gasteiger partial charge in [-0.2, -0.15) is 0 Å². The van der Waals surface area contributed by atoms with Gasteiger partial charge in [0.05, 0.1) is 5.92 Å². The molecule has 3 rings (SSSR count). The Hall–Kier alpha value is -2.89. The van der Waals surface area contributed by atoms with E-state index < -0.39 is 0 Å². The lowest BCUT2D eigenvalue weighted by molar-refractivity contribution is -0.134. The van der Waals surface area contributed by atoms with Gasteiger partial charge in [0.15, 0.2) is 0 Å². The van der Waals surface area contributed by atoms with Crippen LogP contribution in [0.5, 0.6) is 5.75 Å². The molecule has 6 heteroatoms. The molecule has 1 fully saturated rings. The zero-order valence-corrected chi connectivity index (χ0v) is 15.6. The maximum atomic E-state index is 12.4. The van der Waals surface area contributed by atoms with Gasteiger partial charge >= 0.3 is 0 Å². The van der Waals surface area contributed by atoms with Crippen molar-refractivity contribution in [1.29, 1.82) is 0 Å². The molecule has 2 heterocycles. The fourth-order valence-electron chi connectivity index (χ4n) is 3.16. The number of amides is 2. The largest absolute Gasteiger partial charge is 0.489 e. The second kappa shape index (κ2) is 9.16. The Morgan fingerprint density at radius 3 is 2.74 bits per heavy atom. The molecular formula is C21H25N3O3. The molecule has 1 atom stereocenters. The first kappa shape index (κ1) is 18.9. The van der Waals surface area contributed by atoms with Gasteiger partial charge in [-0.15, -0.1) is 0 Å². The third kappa shape index (κ3) is 5.54. The molecule has 1 unspecified atom stereocenters. The predicted octanol–water partition coefficient (Wildman–Crippen LogP) is 2.54. The topological polar surface area (TPSA) is 71.5 Å². The van der Waals surface area contributed by atoms with Gasteiger partial charge in [-0.25, -0.2) is 0 Å². The van der Waals surface area contributed by atoms with Crippen molar-refractivity contribution in [2.45, 2.75) is 32.9 Å². The summed E-state index contributed by atoms with van der Waals surface area (Å²) >= 11 is 0. The monoisotopic (exact) mass is 367 g/mol. The summed E-state index contributed by atoms with van der Waals surface area (Å²) in [6.07, 6.45) is 5.22. The molecule has 1 saturated heterocycles. The molecule has 0 saturated carbocycles. The second-order valence-corrected chi connectivity index (χ2v) is 6.82. The Balaban J connectivity index is 1.45. The van der Waals surface area contributed by atoms with Crippen LogP contribution in [-0.2, 0) is 22.7 Å². The third-order valence-corrected chi connectivity index (χ3v) is 4.76. The van der Waals surface area contributed by atoms with Crippen molar-refractivity contribution in [3.63, 3.8) is 0 Å². The zero-order valence-electron chi connectivity index (χ0n) is 15.6. The highest BCUT2D eigenvalue weighted by Crippen LogP contribution is 2.18. The van der Waals surface area contributed by atoms with Crippen LogP contribution >= 0.6 is 0 Å². The van der Waals surface area contributed by atoms with Crippen LogP contribution in [0.4, 0.5) is 0 Å². The minimum atomic E-state index is -0.121. The lowest BCUT2D eigenvalue weighted by Gasteiger charge is -2.31. The molecule has 6 nitrogen and oxygen atoms in total. The van der Waals surface area contributed by atoms with Crippen molar-refractivity contribution in [2.24, 2.45) is 5.92 Å². The average Bonchev–Trinajstić information content (AvgIpc) is 2.72. The molecule has 1 aliphatic heterocycles. The molecule has 0 radical (unpaired) electrons. The number of benzene rings is 1. The van der Waals surface area contributed by atoms with Crippen LogP contribution in [0, 0.1) is 5.92 Å².